The molecule has 3 aromatic rings. The second-order valence-electron chi connectivity index (χ2n) is 9.11. The highest BCUT2D eigenvalue weighted by Crippen LogP contribution is 2.44. The topological polar surface area (TPSA) is 85.2 Å². The number of amides is 1. The first-order chi connectivity index (χ1) is 18.1. The number of thiophene rings is 1. The van der Waals surface area contributed by atoms with E-state index in [0.717, 1.165) is 34.4 Å². The summed E-state index contributed by atoms with van der Waals surface area (Å²) in [6.07, 6.45) is -1.60. The van der Waals surface area contributed by atoms with Crippen molar-refractivity contribution in [3.63, 3.8) is 0 Å². The van der Waals surface area contributed by atoms with Gasteiger partial charge in [-0.05, 0) is 55.9 Å². The molecule has 0 bridgehead atoms. The number of rotatable bonds is 5. The minimum atomic E-state index is -4.62. The quantitative estimate of drug-likeness (QED) is 0.308. The number of nitrogens with one attached hydrogen (secondary N) is 2. The Morgan fingerprint density at radius 1 is 1.21 bits per heavy atom. The molecule has 0 saturated carbocycles. The molecule has 2 atom stereocenters. The summed E-state index contributed by atoms with van der Waals surface area (Å²) in [5.74, 6) is -1.21. The molecule has 202 valence electrons. The number of benzene rings is 1. The zero-order chi connectivity index (χ0) is 27.2. The molecule has 2 aliphatic rings. The maximum atomic E-state index is 14.1. The summed E-state index contributed by atoms with van der Waals surface area (Å²) < 4.78 is 48.2. The van der Waals surface area contributed by atoms with Crippen molar-refractivity contribution in [1.29, 1.82) is 0 Å². The molecule has 0 saturated heterocycles. The van der Waals surface area contributed by atoms with Gasteiger partial charge in [-0.1, -0.05) is 29.3 Å². The van der Waals surface area contributed by atoms with E-state index in [4.69, 9.17) is 27.9 Å². The van der Waals surface area contributed by atoms with Gasteiger partial charge >= 0.3 is 12.1 Å². The zero-order valence-corrected chi connectivity index (χ0v) is 22.5. The molecule has 0 unspecified atom stereocenters. The molecule has 2 N–H and O–H groups in total. The lowest BCUT2D eigenvalue weighted by atomic mass is 9.95. The Morgan fingerprint density at radius 3 is 2.68 bits per heavy atom. The van der Waals surface area contributed by atoms with Crippen LogP contribution in [0.4, 0.5) is 24.0 Å². The number of anilines is 2. The molecule has 1 aromatic carbocycles. The molecule has 0 spiro atoms. The van der Waals surface area contributed by atoms with Crippen molar-refractivity contribution >= 4 is 57.2 Å². The van der Waals surface area contributed by atoms with E-state index in [1.165, 1.54) is 29.5 Å². The number of carbonyl (C=O) groups excluding carboxylic acids is 2. The van der Waals surface area contributed by atoms with Crippen molar-refractivity contribution in [1.82, 2.24) is 9.78 Å². The van der Waals surface area contributed by atoms with Crippen LogP contribution < -0.4 is 10.6 Å². The summed E-state index contributed by atoms with van der Waals surface area (Å²) in [7, 11) is 0. The highest BCUT2D eigenvalue weighted by molar-refractivity contribution is 7.17. The molecule has 38 heavy (non-hydrogen) atoms. The van der Waals surface area contributed by atoms with Crippen LogP contribution in [0.25, 0.3) is 0 Å². The van der Waals surface area contributed by atoms with Gasteiger partial charge in [-0.2, -0.15) is 18.3 Å². The van der Waals surface area contributed by atoms with Gasteiger partial charge in [0.25, 0.3) is 5.91 Å². The van der Waals surface area contributed by atoms with Crippen LogP contribution in [-0.2, 0) is 17.6 Å². The molecular formula is C25H23Cl2F3N4O3S. The second kappa shape index (κ2) is 10.4. The smallest absolute Gasteiger partial charge is 0.410 e. The third kappa shape index (κ3) is 5.11. The molecule has 1 aliphatic carbocycles. The SMILES string of the molecule is CCOC(=O)c1c(NC(=O)c2cc3n(n2)[C@@H](C(F)(F)F)C[C@@H](c2ccc(Cl)c(Cl)c2)N3)sc2c1CCCC2. The van der Waals surface area contributed by atoms with Crippen LogP contribution in [0, 0.1) is 0 Å². The van der Waals surface area contributed by atoms with Crippen LogP contribution in [0.1, 0.15) is 75.1 Å². The summed E-state index contributed by atoms with van der Waals surface area (Å²) in [5, 5.41) is 10.6. The Hall–Kier alpha value is -2.76. The van der Waals surface area contributed by atoms with Crippen molar-refractivity contribution in [3.05, 3.63) is 61.6 Å². The first-order valence-corrected chi connectivity index (χ1v) is 13.6. The number of aromatic nitrogens is 2. The van der Waals surface area contributed by atoms with Crippen LogP contribution in [0.5, 0.6) is 0 Å². The molecule has 1 aliphatic heterocycles. The van der Waals surface area contributed by atoms with Gasteiger partial charge in [0.1, 0.15) is 10.8 Å². The van der Waals surface area contributed by atoms with Crippen LogP contribution in [0.2, 0.25) is 10.0 Å². The molecule has 5 rings (SSSR count). The lowest BCUT2D eigenvalue weighted by Gasteiger charge is -2.33. The van der Waals surface area contributed by atoms with E-state index in [-0.39, 0.29) is 29.6 Å². The highest BCUT2D eigenvalue weighted by Gasteiger charge is 2.47. The number of ether oxygens (including phenoxy) is 1. The fourth-order valence-electron chi connectivity index (χ4n) is 4.87. The number of hydrogen-bond acceptors (Lipinski definition) is 6. The summed E-state index contributed by atoms with van der Waals surface area (Å²) in [6.45, 7) is 1.87. The Balaban J connectivity index is 1.46. The van der Waals surface area contributed by atoms with Crippen molar-refractivity contribution in [2.24, 2.45) is 0 Å². The standard InChI is InChI=1S/C25H23Cl2F3N4O3S/c1-2-37-24(36)21-13-5-3-4-6-18(13)38-23(21)32-22(35)17-11-20-31-16(12-7-8-14(26)15(27)9-12)10-19(25(28,29)30)34(20)33-17/h7-9,11,16,19,31H,2-6,10H2,1H3,(H,32,35)/t16-,19+/m0/s1. The van der Waals surface area contributed by atoms with E-state index in [9.17, 15) is 22.8 Å². The predicted molar refractivity (Wildman–Crippen MR) is 140 cm³/mol. The minimum absolute atomic E-state index is 0.0379. The van der Waals surface area contributed by atoms with Gasteiger partial charge in [-0.3, -0.25) is 4.79 Å². The average molecular weight is 587 g/mol. The number of alkyl halides is 3. The fraction of sp³-hybridized carbons (Fsp3) is 0.400. The second-order valence-corrected chi connectivity index (χ2v) is 11.0. The molecule has 1 amide bonds. The summed E-state index contributed by atoms with van der Waals surface area (Å²) in [5.41, 5.74) is 1.49. The van der Waals surface area contributed by atoms with Gasteiger partial charge < -0.3 is 15.4 Å². The van der Waals surface area contributed by atoms with E-state index in [0.29, 0.717) is 27.6 Å². The molecule has 0 radical (unpaired) electrons. The van der Waals surface area contributed by atoms with E-state index in [1.54, 1.807) is 13.0 Å². The van der Waals surface area contributed by atoms with Crippen LogP contribution >= 0.6 is 34.5 Å². The molecular weight excluding hydrogens is 564 g/mol. The lowest BCUT2D eigenvalue weighted by molar-refractivity contribution is -0.173. The molecule has 0 fully saturated rings. The third-order valence-electron chi connectivity index (χ3n) is 6.65. The molecule has 3 heterocycles. The molecule has 7 nitrogen and oxygen atoms in total. The van der Waals surface area contributed by atoms with Crippen molar-refractivity contribution < 1.29 is 27.5 Å². The summed E-state index contributed by atoms with van der Waals surface area (Å²) in [6, 6.07) is 3.21. The number of esters is 1. The number of halogens is 5. The van der Waals surface area contributed by atoms with Gasteiger partial charge in [0.05, 0.1) is 28.3 Å². The van der Waals surface area contributed by atoms with Gasteiger partial charge in [0.15, 0.2) is 11.7 Å². The molecule has 13 heteroatoms. The normalized spacial score (nSPS) is 18.8. The van der Waals surface area contributed by atoms with E-state index < -0.39 is 30.1 Å². The maximum Gasteiger partial charge on any atom is 0.410 e. The van der Waals surface area contributed by atoms with Crippen molar-refractivity contribution in [2.75, 3.05) is 17.2 Å². The van der Waals surface area contributed by atoms with Crippen LogP contribution in [0.15, 0.2) is 24.3 Å². The van der Waals surface area contributed by atoms with Crippen LogP contribution in [-0.4, -0.2) is 34.4 Å². The Bertz CT molecular complexity index is 1410. The first kappa shape index (κ1) is 26.8. The average Bonchev–Trinajstić information content (AvgIpc) is 3.46. The third-order valence-corrected chi connectivity index (χ3v) is 8.59. The minimum Gasteiger partial charge on any atom is -0.462 e. The van der Waals surface area contributed by atoms with Gasteiger partial charge in [-0.15, -0.1) is 11.3 Å². The van der Waals surface area contributed by atoms with Crippen molar-refractivity contribution in [2.45, 2.75) is 57.3 Å². The van der Waals surface area contributed by atoms with Gasteiger partial charge in [-0.25, -0.2) is 9.48 Å². The van der Waals surface area contributed by atoms with Crippen molar-refractivity contribution in [3.8, 4) is 0 Å². The van der Waals surface area contributed by atoms with E-state index in [2.05, 4.69) is 15.7 Å². The first-order valence-electron chi connectivity index (χ1n) is 12.1. The number of carbonyl (C=O) groups is 2. The highest BCUT2D eigenvalue weighted by atomic mass is 35.5. The Labute approximate surface area is 230 Å². The number of aryl methyl sites for hydroxylation is 1. The largest absolute Gasteiger partial charge is 0.462 e. The number of nitrogens with zero attached hydrogens (tertiary/aromatic N) is 2. The number of fused-ring (bicyclic) bond motifs is 2. The number of hydrogen-bond donors (Lipinski definition) is 2. The predicted octanol–water partition coefficient (Wildman–Crippen LogP) is 7.22. The summed E-state index contributed by atoms with van der Waals surface area (Å²) in [4.78, 5) is 26.9. The fourth-order valence-corrected chi connectivity index (χ4v) is 6.45. The monoisotopic (exact) mass is 586 g/mol. The Kier molecular flexibility index (Phi) is 7.36. The van der Waals surface area contributed by atoms with Crippen LogP contribution in [0.3, 0.4) is 0 Å². The zero-order valence-electron chi connectivity index (χ0n) is 20.1. The van der Waals surface area contributed by atoms with Gasteiger partial charge in [0, 0.05) is 17.4 Å². The maximum absolute atomic E-state index is 14.1. The summed E-state index contributed by atoms with van der Waals surface area (Å²) >= 11 is 13.4. The van der Waals surface area contributed by atoms with E-state index in [1.807, 2.05) is 0 Å². The molecule has 2 aromatic heterocycles. The Morgan fingerprint density at radius 2 is 1.97 bits per heavy atom. The lowest BCUT2D eigenvalue weighted by Crippen LogP contribution is -2.35. The van der Waals surface area contributed by atoms with Gasteiger partial charge in [0.2, 0.25) is 0 Å². The van der Waals surface area contributed by atoms with E-state index >= 15 is 0 Å².